The quantitative estimate of drug-likeness (QED) is 0.832. The first-order chi connectivity index (χ1) is 8.76. The fourth-order valence-corrected chi connectivity index (χ4v) is 2.61. The molecule has 6 heteroatoms. The molecule has 1 amide bonds. The normalized spacial score (nSPS) is 23.5. The van der Waals surface area contributed by atoms with E-state index in [1.807, 2.05) is 23.3 Å². The van der Waals surface area contributed by atoms with Crippen molar-refractivity contribution in [2.45, 2.75) is 36.4 Å². The summed E-state index contributed by atoms with van der Waals surface area (Å²) in [5.74, 6) is 1.02. The number of aromatic nitrogens is 2. The standard InChI is InChI=1S/C12H16N4OS/c1-18-11-5-4-10(14-15-11)13-8-6-12(17)16(7-8)9-2-3-9/h4-5,8-9H,2-3,6-7H2,1H3,(H,13,14). The predicted molar refractivity (Wildman–Crippen MR) is 70.6 cm³/mol. The molecule has 2 heterocycles. The van der Waals surface area contributed by atoms with Crippen LogP contribution in [0.2, 0.25) is 0 Å². The Morgan fingerprint density at radius 2 is 2.22 bits per heavy atom. The molecule has 0 radical (unpaired) electrons. The summed E-state index contributed by atoms with van der Waals surface area (Å²) < 4.78 is 0. The van der Waals surface area contributed by atoms with Crippen LogP contribution in [0.3, 0.4) is 0 Å². The molecule has 1 saturated heterocycles. The zero-order valence-electron chi connectivity index (χ0n) is 10.3. The number of hydrogen-bond acceptors (Lipinski definition) is 5. The maximum atomic E-state index is 11.8. The first-order valence-corrected chi connectivity index (χ1v) is 7.42. The highest BCUT2D eigenvalue weighted by molar-refractivity contribution is 7.98. The average Bonchev–Trinajstić information content (AvgIpc) is 3.15. The fraction of sp³-hybridized carbons (Fsp3) is 0.583. The van der Waals surface area contributed by atoms with Crippen molar-refractivity contribution < 1.29 is 4.79 Å². The van der Waals surface area contributed by atoms with E-state index in [4.69, 9.17) is 0 Å². The zero-order chi connectivity index (χ0) is 12.5. The lowest BCUT2D eigenvalue weighted by Gasteiger charge is -2.16. The van der Waals surface area contributed by atoms with Gasteiger partial charge in [0, 0.05) is 19.0 Å². The largest absolute Gasteiger partial charge is 0.364 e. The lowest BCUT2D eigenvalue weighted by Crippen LogP contribution is -2.29. The maximum Gasteiger partial charge on any atom is 0.225 e. The van der Waals surface area contributed by atoms with Crippen LogP contribution in [0.25, 0.3) is 0 Å². The Labute approximate surface area is 110 Å². The molecule has 1 aromatic rings. The van der Waals surface area contributed by atoms with E-state index in [-0.39, 0.29) is 11.9 Å². The van der Waals surface area contributed by atoms with Gasteiger partial charge in [-0.25, -0.2) is 0 Å². The molecule has 5 nitrogen and oxygen atoms in total. The van der Waals surface area contributed by atoms with Crippen molar-refractivity contribution in [2.24, 2.45) is 0 Å². The van der Waals surface area contributed by atoms with Gasteiger partial charge in [-0.1, -0.05) is 0 Å². The van der Waals surface area contributed by atoms with Crippen molar-refractivity contribution in [1.29, 1.82) is 0 Å². The fourth-order valence-electron chi connectivity index (χ4n) is 2.28. The summed E-state index contributed by atoms with van der Waals surface area (Å²) in [6.07, 6.45) is 4.88. The molecular formula is C12H16N4OS. The van der Waals surface area contributed by atoms with Gasteiger partial charge in [-0.05, 0) is 31.2 Å². The van der Waals surface area contributed by atoms with Crippen molar-refractivity contribution in [2.75, 3.05) is 18.1 Å². The van der Waals surface area contributed by atoms with Gasteiger partial charge in [0.1, 0.15) is 10.8 Å². The lowest BCUT2D eigenvalue weighted by molar-refractivity contribution is -0.128. The van der Waals surface area contributed by atoms with Crippen LogP contribution in [0.15, 0.2) is 17.2 Å². The molecule has 1 N–H and O–H groups in total. The Kier molecular flexibility index (Phi) is 3.11. The molecule has 2 fully saturated rings. The second-order valence-electron chi connectivity index (χ2n) is 4.78. The number of rotatable bonds is 4. The second-order valence-corrected chi connectivity index (χ2v) is 5.61. The monoisotopic (exact) mass is 264 g/mol. The number of thioether (sulfide) groups is 1. The Balaban J connectivity index is 1.60. The first-order valence-electron chi connectivity index (χ1n) is 6.20. The molecule has 0 spiro atoms. The molecule has 1 aromatic heterocycles. The summed E-state index contributed by atoms with van der Waals surface area (Å²) in [5.41, 5.74) is 0. The van der Waals surface area contributed by atoms with E-state index in [2.05, 4.69) is 15.5 Å². The van der Waals surface area contributed by atoms with Crippen molar-refractivity contribution in [3.8, 4) is 0 Å². The molecule has 3 rings (SSSR count). The molecule has 1 atom stereocenters. The highest BCUT2D eigenvalue weighted by atomic mass is 32.2. The number of nitrogens with one attached hydrogen (secondary N) is 1. The van der Waals surface area contributed by atoms with E-state index in [1.165, 1.54) is 12.8 Å². The number of hydrogen-bond donors (Lipinski definition) is 1. The van der Waals surface area contributed by atoms with Crippen molar-refractivity contribution >= 4 is 23.5 Å². The van der Waals surface area contributed by atoms with Crippen LogP contribution in [0, 0.1) is 0 Å². The maximum absolute atomic E-state index is 11.8. The highest BCUT2D eigenvalue weighted by Crippen LogP contribution is 2.31. The summed E-state index contributed by atoms with van der Waals surface area (Å²) in [7, 11) is 0. The molecule has 96 valence electrons. The van der Waals surface area contributed by atoms with E-state index >= 15 is 0 Å². The van der Waals surface area contributed by atoms with Gasteiger partial charge in [-0.3, -0.25) is 4.79 Å². The predicted octanol–water partition coefficient (Wildman–Crippen LogP) is 1.37. The van der Waals surface area contributed by atoms with Gasteiger partial charge in [-0.2, -0.15) is 0 Å². The van der Waals surface area contributed by atoms with Gasteiger partial charge in [0.15, 0.2) is 0 Å². The molecular weight excluding hydrogens is 248 g/mol. The minimum Gasteiger partial charge on any atom is -0.364 e. The van der Waals surface area contributed by atoms with Gasteiger partial charge in [0.05, 0.1) is 6.04 Å². The third-order valence-electron chi connectivity index (χ3n) is 3.35. The molecule has 18 heavy (non-hydrogen) atoms. The molecule has 2 aliphatic rings. The average molecular weight is 264 g/mol. The van der Waals surface area contributed by atoms with Crippen LogP contribution < -0.4 is 5.32 Å². The minimum absolute atomic E-state index is 0.174. The van der Waals surface area contributed by atoms with E-state index < -0.39 is 0 Å². The van der Waals surface area contributed by atoms with Crippen LogP contribution >= 0.6 is 11.8 Å². The number of carbonyl (C=O) groups is 1. The SMILES string of the molecule is CSc1ccc(NC2CC(=O)N(C3CC3)C2)nn1. The Morgan fingerprint density at radius 3 is 2.83 bits per heavy atom. The smallest absolute Gasteiger partial charge is 0.225 e. The number of likely N-dealkylation sites (tertiary alicyclic amines) is 1. The van der Waals surface area contributed by atoms with E-state index in [0.717, 1.165) is 17.4 Å². The van der Waals surface area contributed by atoms with E-state index in [0.29, 0.717) is 12.5 Å². The molecule has 1 aliphatic carbocycles. The molecule has 0 aromatic carbocycles. The highest BCUT2D eigenvalue weighted by Gasteiger charge is 2.39. The molecule has 1 unspecified atom stereocenters. The second kappa shape index (κ2) is 4.76. The summed E-state index contributed by atoms with van der Waals surface area (Å²) in [6.45, 7) is 0.801. The van der Waals surface area contributed by atoms with Crippen LogP contribution in [0.1, 0.15) is 19.3 Å². The van der Waals surface area contributed by atoms with Gasteiger partial charge >= 0.3 is 0 Å². The lowest BCUT2D eigenvalue weighted by atomic mass is 10.2. The minimum atomic E-state index is 0.174. The number of amides is 1. The third-order valence-corrected chi connectivity index (χ3v) is 3.98. The van der Waals surface area contributed by atoms with Crippen LogP contribution in [0.4, 0.5) is 5.82 Å². The third kappa shape index (κ3) is 2.43. The van der Waals surface area contributed by atoms with E-state index in [9.17, 15) is 4.79 Å². The summed E-state index contributed by atoms with van der Waals surface area (Å²) in [6, 6.07) is 4.54. The van der Waals surface area contributed by atoms with Gasteiger partial charge < -0.3 is 10.2 Å². The van der Waals surface area contributed by atoms with Crippen molar-refractivity contribution in [3.05, 3.63) is 12.1 Å². The number of anilines is 1. The Bertz CT molecular complexity index is 446. The molecule has 1 aliphatic heterocycles. The van der Waals surface area contributed by atoms with Gasteiger partial charge in [0.2, 0.25) is 5.91 Å². The molecule has 0 bridgehead atoms. The molecule has 1 saturated carbocycles. The number of carbonyl (C=O) groups excluding carboxylic acids is 1. The van der Waals surface area contributed by atoms with Gasteiger partial charge in [0.25, 0.3) is 0 Å². The van der Waals surface area contributed by atoms with Crippen LogP contribution in [-0.4, -0.2) is 45.9 Å². The first kappa shape index (κ1) is 11.8. The van der Waals surface area contributed by atoms with Gasteiger partial charge in [-0.15, -0.1) is 22.0 Å². The van der Waals surface area contributed by atoms with Crippen LogP contribution in [0.5, 0.6) is 0 Å². The zero-order valence-corrected chi connectivity index (χ0v) is 11.1. The number of nitrogens with zero attached hydrogens (tertiary/aromatic N) is 3. The van der Waals surface area contributed by atoms with Crippen molar-refractivity contribution in [1.82, 2.24) is 15.1 Å². The topological polar surface area (TPSA) is 58.1 Å². The Hall–Kier alpha value is -1.30. The summed E-state index contributed by atoms with van der Waals surface area (Å²) in [4.78, 5) is 13.8. The Morgan fingerprint density at radius 1 is 1.39 bits per heavy atom. The summed E-state index contributed by atoms with van der Waals surface area (Å²) in [5, 5.41) is 12.4. The van der Waals surface area contributed by atoms with E-state index in [1.54, 1.807) is 11.8 Å². The van der Waals surface area contributed by atoms with Crippen LogP contribution in [-0.2, 0) is 4.79 Å². The van der Waals surface area contributed by atoms with Crippen molar-refractivity contribution in [3.63, 3.8) is 0 Å². The summed E-state index contributed by atoms with van der Waals surface area (Å²) >= 11 is 1.57.